The average Bonchev–Trinajstić information content (AvgIpc) is 2.80. The molecule has 1 heterocycles. The number of nitrogens with one attached hydrogen (secondary N) is 1. The van der Waals surface area contributed by atoms with Crippen molar-refractivity contribution < 1.29 is 36.2 Å². The first-order chi connectivity index (χ1) is 15.2. The molecule has 0 aliphatic carbocycles. The molecule has 0 bridgehead atoms. The summed E-state index contributed by atoms with van der Waals surface area (Å²) in [4.78, 5) is 30.7. The van der Waals surface area contributed by atoms with E-state index in [-0.39, 0.29) is 11.4 Å². The smallest absolute Gasteiger partial charge is 0.349 e. The number of hydrogen-bond acceptors (Lipinski definition) is 5. The zero-order valence-corrected chi connectivity index (χ0v) is 17.3. The maximum Gasteiger partial charge on any atom is 0.349 e. The maximum atomic E-state index is 13.7. The van der Waals surface area contributed by atoms with Crippen molar-refractivity contribution in [1.29, 1.82) is 0 Å². The second-order valence-electron chi connectivity index (χ2n) is 5.84. The number of esters is 1. The molecule has 0 amide bonds. The predicted molar refractivity (Wildman–Crippen MR) is 107 cm³/mol. The first-order valence-electron chi connectivity index (χ1n) is 9.11. The lowest BCUT2D eigenvalue weighted by Crippen LogP contribution is -2.23. The summed E-state index contributed by atoms with van der Waals surface area (Å²) in [7, 11) is 2.89. The minimum absolute atomic E-state index is 0.267. The van der Waals surface area contributed by atoms with Crippen LogP contribution in [0.2, 0.25) is 0 Å². The fourth-order valence-electron chi connectivity index (χ4n) is 2.65. The second-order valence-corrected chi connectivity index (χ2v) is 5.84. The Kier molecular flexibility index (Phi) is 7.68. The van der Waals surface area contributed by atoms with Gasteiger partial charge in [-0.3, -0.25) is 9.79 Å². The fourth-order valence-corrected chi connectivity index (χ4v) is 2.65. The number of rotatable bonds is 3. The Labute approximate surface area is 178 Å². The van der Waals surface area contributed by atoms with Gasteiger partial charge in [-0.1, -0.05) is 19.9 Å². The predicted octanol–water partition coefficient (Wildman–Crippen LogP) is 4.49. The third-order valence-corrected chi connectivity index (χ3v) is 4.07. The van der Waals surface area contributed by atoms with Crippen molar-refractivity contribution in [2.45, 2.75) is 13.8 Å². The zero-order chi connectivity index (χ0) is 24.2. The molecule has 0 aliphatic rings. The zero-order valence-electron chi connectivity index (χ0n) is 17.3. The Morgan fingerprint density at radius 1 is 0.938 bits per heavy atom. The summed E-state index contributed by atoms with van der Waals surface area (Å²) in [6.07, 6.45) is 0. The number of aromatic nitrogens is 1. The highest BCUT2D eigenvalue weighted by Crippen LogP contribution is 2.29. The molecule has 3 aromatic rings. The Balaban J connectivity index is 0.00000176. The number of pyridine rings is 1. The molecule has 0 fully saturated rings. The van der Waals surface area contributed by atoms with Crippen LogP contribution in [0.3, 0.4) is 0 Å². The molecule has 2 aromatic carbocycles. The van der Waals surface area contributed by atoms with Crippen LogP contribution in [-0.4, -0.2) is 31.0 Å². The number of halogens is 5. The number of carbonyl (C=O) groups excluding carboxylic acids is 1. The van der Waals surface area contributed by atoms with Gasteiger partial charge in [0.1, 0.15) is 5.56 Å². The van der Waals surface area contributed by atoms with Gasteiger partial charge in [-0.2, -0.15) is 8.78 Å². The lowest BCUT2D eigenvalue weighted by Gasteiger charge is -2.09. The Morgan fingerprint density at radius 3 is 2.03 bits per heavy atom. The molecule has 0 atom stereocenters. The summed E-state index contributed by atoms with van der Waals surface area (Å²) in [5, 5.41) is 0.314. The van der Waals surface area contributed by atoms with Gasteiger partial charge >= 0.3 is 5.97 Å². The molecule has 0 radical (unpaired) electrons. The molecular weight excluding hydrogens is 439 g/mol. The normalized spacial score (nSPS) is 11.1. The number of ether oxygens (including phenoxy) is 2. The number of benzene rings is 2. The maximum absolute atomic E-state index is 13.7. The van der Waals surface area contributed by atoms with Crippen LogP contribution in [0.5, 0.6) is 5.75 Å². The lowest BCUT2D eigenvalue weighted by atomic mass is 10.1. The van der Waals surface area contributed by atoms with Gasteiger partial charge in [0, 0.05) is 18.1 Å². The molecule has 0 spiro atoms. The number of nitrogens with zero attached hydrogens (tertiary/aromatic N) is 1. The van der Waals surface area contributed by atoms with Crippen molar-refractivity contribution in [2.75, 3.05) is 14.2 Å². The minimum atomic E-state index is -2.41. The summed E-state index contributed by atoms with van der Waals surface area (Å²) in [6.45, 7) is 4.00. The number of carbonyl (C=O) groups is 1. The van der Waals surface area contributed by atoms with Crippen LogP contribution in [0.1, 0.15) is 29.8 Å². The van der Waals surface area contributed by atoms with Crippen molar-refractivity contribution in [1.82, 2.24) is 4.98 Å². The van der Waals surface area contributed by atoms with Crippen LogP contribution in [0.15, 0.2) is 34.1 Å². The molecule has 11 heteroatoms. The molecule has 170 valence electrons. The molecule has 0 unspecified atom stereocenters. The molecular formula is C21H17F5N2O4. The number of aromatic amines is 1. The van der Waals surface area contributed by atoms with Gasteiger partial charge in [0.15, 0.2) is 0 Å². The Morgan fingerprint density at radius 2 is 1.50 bits per heavy atom. The minimum Gasteiger partial charge on any atom is -0.481 e. The first-order valence-corrected chi connectivity index (χ1v) is 9.11. The van der Waals surface area contributed by atoms with E-state index in [9.17, 15) is 31.5 Å². The largest absolute Gasteiger partial charge is 0.481 e. The number of fused-ring (bicyclic) bond motifs is 1. The van der Waals surface area contributed by atoms with Crippen LogP contribution in [-0.2, 0) is 4.74 Å². The highest BCUT2D eigenvalue weighted by molar-refractivity contribution is 5.99. The monoisotopic (exact) mass is 456 g/mol. The van der Waals surface area contributed by atoms with Crippen molar-refractivity contribution >= 4 is 22.8 Å². The molecule has 0 saturated carbocycles. The highest BCUT2D eigenvalue weighted by Gasteiger charge is 2.29. The molecule has 1 N–H and O–H groups in total. The van der Waals surface area contributed by atoms with E-state index in [1.54, 1.807) is 6.07 Å². The Bertz CT molecular complexity index is 1240. The van der Waals surface area contributed by atoms with Crippen molar-refractivity contribution in [3.63, 3.8) is 0 Å². The van der Waals surface area contributed by atoms with Gasteiger partial charge in [-0.15, -0.1) is 0 Å². The van der Waals surface area contributed by atoms with E-state index in [0.717, 1.165) is 6.07 Å². The van der Waals surface area contributed by atoms with Crippen molar-refractivity contribution in [3.05, 3.63) is 74.8 Å². The van der Waals surface area contributed by atoms with Crippen molar-refractivity contribution in [2.24, 2.45) is 4.99 Å². The standard InChI is InChI=1S/C19H11F5N2O4.C2H6/c1-25-18(29-2)8-4-3-7-5-9(17(27)26-10(7)6-8)19(28)30-16-14(23)12(21)11(20)13(22)15(16)24;1-2/h3-6H,1-2H3,(H,26,27);1-2H3. The van der Waals surface area contributed by atoms with E-state index in [1.807, 2.05) is 13.8 Å². The van der Waals surface area contributed by atoms with Crippen molar-refractivity contribution in [3.8, 4) is 5.75 Å². The molecule has 1 aromatic heterocycles. The Hall–Kier alpha value is -3.76. The molecule has 32 heavy (non-hydrogen) atoms. The molecule has 3 rings (SSSR count). The highest BCUT2D eigenvalue weighted by atomic mass is 19.2. The number of methoxy groups -OCH3 is 1. The van der Waals surface area contributed by atoms with Crippen LogP contribution in [0, 0.1) is 29.1 Å². The molecule has 0 saturated heterocycles. The number of hydrogen-bond donors (Lipinski definition) is 1. The fraction of sp³-hybridized carbons (Fsp3) is 0.190. The van der Waals surface area contributed by atoms with Crippen LogP contribution in [0.4, 0.5) is 22.0 Å². The number of aliphatic imine (C=N–C) groups is 1. The second kappa shape index (κ2) is 10.0. The van der Waals surface area contributed by atoms with Gasteiger partial charge < -0.3 is 14.5 Å². The summed E-state index contributed by atoms with van der Waals surface area (Å²) >= 11 is 0. The van der Waals surface area contributed by atoms with E-state index in [0.29, 0.717) is 10.9 Å². The van der Waals surface area contributed by atoms with Gasteiger partial charge in [-0.05, 0) is 23.6 Å². The van der Waals surface area contributed by atoms with E-state index in [1.165, 1.54) is 26.3 Å². The van der Waals surface area contributed by atoms with Crippen LogP contribution in [0.25, 0.3) is 10.9 Å². The average molecular weight is 456 g/mol. The third-order valence-electron chi connectivity index (χ3n) is 4.07. The van der Waals surface area contributed by atoms with E-state index in [2.05, 4.69) is 14.7 Å². The van der Waals surface area contributed by atoms with E-state index >= 15 is 0 Å². The summed E-state index contributed by atoms with van der Waals surface area (Å²) in [5.41, 5.74) is -0.945. The summed E-state index contributed by atoms with van der Waals surface area (Å²) < 4.78 is 76.4. The lowest BCUT2D eigenvalue weighted by molar-refractivity contribution is 0.0714. The SMILES string of the molecule is CC.CN=C(OC)c1ccc2cc(C(=O)Oc3c(F)c(F)c(F)c(F)c3F)c(=O)[nH]c2c1. The first kappa shape index (κ1) is 24.5. The molecule has 0 aliphatic heterocycles. The van der Waals surface area contributed by atoms with Gasteiger partial charge in [-0.25, -0.2) is 18.0 Å². The summed E-state index contributed by atoms with van der Waals surface area (Å²) in [6, 6.07) is 5.59. The van der Waals surface area contributed by atoms with Crippen LogP contribution >= 0.6 is 0 Å². The van der Waals surface area contributed by atoms with Crippen LogP contribution < -0.4 is 10.3 Å². The van der Waals surface area contributed by atoms with Gasteiger partial charge in [0.2, 0.25) is 40.7 Å². The topological polar surface area (TPSA) is 80.8 Å². The van der Waals surface area contributed by atoms with E-state index < -0.39 is 51.9 Å². The molecule has 6 nitrogen and oxygen atoms in total. The summed E-state index contributed by atoms with van der Waals surface area (Å²) in [5.74, 6) is -14.8. The quantitative estimate of drug-likeness (QED) is 0.120. The number of H-pyrrole nitrogens is 1. The third kappa shape index (κ3) is 4.46. The van der Waals surface area contributed by atoms with E-state index in [4.69, 9.17) is 4.74 Å². The van der Waals surface area contributed by atoms with Gasteiger partial charge in [0.25, 0.3) is 5.56 Å². The van der Waals surface area contributed by atoms with Gasteiger partial charge in [0.05, 0.1) is 7.11 Å².